The van der Waals surface area contributed by atoms with E-state index in [9.17, 15) is 0 Å². The molecule has 1 aromatic carbocycles. The van der Waals surface area contributed by atoms with Crippen molar-refractivity contribution in [2.75, 3.05) is 59.8 Å². The van der Waals surface area contributed by atoms with Gasteiger partial charge in [0.2, 0.25) is 0 Å². The second-order valence-corrected chi connectivity index (χ2v) is 6.96. The maximum atomic E-state index is 6.02. The van der Waals surface area contributed by atoms with Gasteiger partial charge in [-0.05, 0) is 18.2 Å². The highest BCUT2D eigenvalue weighted by molar-refractivity contribution is 6.02. The minimum absolute atomic E-state index is 0.271. The molecule has 3 aliphatic rings. The van der Waals surface area contributed by atoms with Crippen LogP contribution in [0.25, 0.3) is 0 Å². The Hall–Kier alpha value is -1.83. The molecule has 3 heterocycles. The van der Waals surface area contributed by atoms with Crippen LogP contribution in [0.4, 0.5) is 0 Å². The van der Waals surface area contributed by atoms with E-state index in [2.05, 4.69) is 10.1 Å². The quantitative estimate of drug-likeness (QED) is 0.768. The summed E-state index contributed by atoms with van der Waals surface area (Å²) in [4.78, 5) is 8.04. The van der Waals surface area contributed by atoms with Crippen LogP contribution in [0.1, 0.15) is 18.4 Å². The van der Waals surface area contributed by atoms with Crippen LogP contribution < -0.4 is 9.47 Å². The standard InChI is InChI=1S/C19H26N2O5/c1-22-17-3-2-15(16-13-19(26-20-16)4-8-24-14-19)12-18(17)25-11-7-21-5-9-23-10-6-21/h2-3,12H,4-11,13-14H2,1H3. The predicted molar refractivity (Wildman–Crippen MR) is 96.2 cm³/mol. The number of benzene rings is 1. The van der Waals surface area contributed by atoms with Crippen LogP contribution >= 0.6 is 0 Å². The van der Waals surface area contributed by atoms with Gasteiger partial charge < -0.3 is 23.8 Å². The summed E-state index contributed by atoms with van der Waals surface area (Å²) in [5.74, 6) is 1.47. The van der Waals surface area contributed by atoms with Crippen LogP contribution in [0, 0.1) is 0 Å². The Labute approximate surface area is 153 Å². The highest BCUT2D eigenvalue weighted by atomic mass is 16.7. The maximum absolute atomic E-state index is 6.02. The fourth-order valence-corrected chi connectivity index (χ4v) is 3.55. The largest absolute Gasteiger partial charge is 0.493 e. The molecule has 1 spiro atoms. The first-order valence-electron chi connectivity index (χ1n) is 9.22. The number of hydrogen-bond donors (Lipinski definition) is 0. The van der Waals surface area contributed by atoms with E-state index in [1.807, 2.05) is 18.2 Å². The first-order valence-corrected chi connectivity index (χ1v) is 9.22. The molecule has 1 aromatic rings. The third-order valence-electron chi connectivity index (χ3n) is 5.17. The van der Waals surface area contributed by atoms with Crippen molar-refractivity contribution in [3.05, 3.63) is 23.8 Å². The predicted octanol–water partition coefficient (Wildman–Crippen LogP) is 1.69. The lowest BCUT2D eigenvalue weighted by Gasteiger charge is -2.26. The van der Waals surface area contributed by atoms with Crippen molar-refractivity contribution >= 4 is 5.71 Å². The number of morpholine rings is 1. The molecule has 3 aliphatic heterocycles. The molecule has 2 fully saturated rings. The smallest absolute Gasteiger partial charge is 0.168 e. The zero-order valence-corrected chi connectivity index (χ0v) is 15.2. The number of nitrogens with zero attached hydrogens (tertiary/aromatic N) is 2. The summed E-state index contributed by atoms with van der Waals surface area (Å²) in [7, 11) is 1.66. The highest BCUT2D eigenvalue weighted by Gasteiger charge is 2.43. The average molecular weight is 362 g/mol. The molecule has 142 valence electrons. The van der Waals surface area contributed by atoms with Crippen molar-refractivity contribution in [3.63, 3.8) is 0 Å². The molecule has 7 heteroatoms. The normalized spacial score (nSPS) is 26.0. The summed E-state index contributed by atoms with van der Waals surface area (Å²) in [6, 6.07) is 5.93. The van der Waals surface area contributed by atoms with Gasteiger partial charge in [-0.2, -0.15) is 0 Å². The van der Waals surface area contributed by atoms with Gasteiger partial charge in [0.25, 0.3) is 0 Å². The third-order valence-corrected chi connectivity index (χ3v) is 5.17. The molecule has 4 rings (SSSR count). The fraction of sp³-hybridized carbons (Fsp3) is 0.632. The van der Waals surface area contributed by atoms with Crippen molar-refractivity contribution in [2.45, 2.75) is 18.4 Å². The van der Waals surface area contributed by atoms with Crippen molar-refractivity contribution in [1.82, 2.24) is 4.90 Å². The lowest BCUT2D eigenvalue weighted by Crippen LogP contribution is -2.38. The molecule has 0 saturated carbocycles. The minimum Gasteiger partial charge on any atom is -0.493 e. The zero-order valence-electron chi connectivity index (χ0n) is 15.2. The van der Waals surface area contributed by atoms with E-state index >= 15 is 0 Å². The molecule has 0 amide bonds. The highest BCUT2D eigenvalue weighted by Crippen LogP contribution is 2.36. The van der Waals surface area contributed by atoms with E-state index < -0.39 is 0 Å². The van der Waals surface area contributed by atoms with E-state index in [4.69, 9.17) is 23.8 Å². The van der Waals surface area contributed by atoms with Gasteiger partial charge in [0.1, 0.15) is 6.61 Å². The molecule has 0 N–H and O–H groups in total. The second kappa shape index (κ2) is 7.82. The molecule has 1 unspecified atom stereocenters. The van der Waals surface area contributed by atoms with Gasteiger partial charge >= 0.3 is 0 Å². The molecule has 26 heavy (non-hydrogen) atoms. The Morgan fingerprint density at radius 1 is 1.15 bits per heavy atom. The zero-order chi connectivity index (χ0) is 17.8. The molecule has 1 atom stereocenters. The number of hydrogen-bond acceptors (Lipinski definition) is 7. The Morgan fingerprint density at radius 3 is 2.81 bits per heavy atom. The topological polar surface area (TPSA) is 61.8 Å². The first-order chi connectivity index (χ1) is 12.8. The molecular weight excluding hydrogens is 336 g/mol. The van der Waals surface area contributed by atoms with Gasteiger partial charge in [-0.25, -0.2) is 0 Å². The van der Waals surface area contributed by atoms with Crippen molar-refractivity contribution < 1.29 is 23.8 Å². The fourth-order valence-electron chi connectivity index (χ4n) is 3.55. The molecular formula is C19H26N2O5. The molecule has 2 saturated heterocycles. The van der Waals surface area contributed by atoms with E-state index in [-0.39, 0.29) is 5.60 Å². The van der Waals surface area contributed by atoms with Crippen LogP contribution in [-0.2, 0) is 14.3 Å². The van der Waals surface area contributed by atoms with Crippen molar-refractivity contribution in [3.8, 4) is 11.5 Å². The number of oxime groups is 1. The number of ether oxygens (including phenoxy) is 4. The monoisotopic (exact) mass is 362 g/mol. The molecule has 0 bridgehead atoms. The van der Waals surface area contributed by atoms with E-state index in [0.717, 1.165) is 75.1 Å². The van der Waals surface area contributed by atoms with Crippen LogP contribution in [0.5, 0.6) is 11.5 Å². The Bertz CT molecular complexity index is 651. The van der Waals surface area contributed by atoms with Gasteiger partial charge in [0.05, 0.1) is 39.2 Å². The lowest BCUT2D eigenvalue weighted by atomic mass is 9.93. The van der Waals surface area contributed by atoms with Crippen LogP contribution in [0.3, 0.4) is 0 Å². The molecule has 0 radical (unpaired) electrons. The SMILES string of the molecule is COc1ccc(C2=NOC3(CCOC3)C2)cc1OCCN1CCOCC1. The van der Waals surface area contributed by atoms with Gasteiger partial charge in [-0.15, -0.1) is 0 Å². The van der Waals surface area contributed by atoms with Crippen LogP contribution in [0.2, 0.25) is 0 Å². The summed E-state index contributed by atoms with van der Waals surface area (Å²) in [5, 5.41) is 4.31. The van der Waals surface area contributed by atoms with Crippen molar-refractivity contribution in [1.29, 1.82) is 0 Å². The molecule has 7 nitrogen and oxygen atoms in total. The first kappa shape index (κ1) is 17.6. The minimum atomic E-state index is -0.271. The summed E-state index contributed by atoms with van der Waals surface area (Å²) in [6.45, 7) is 6.34. The lowest BCUT2D eigenvalue weighted by molar-refractivity contribution is -0.0237. The average Bonchev–Trinajstić information content (AvgIpc) is 3.32. The Balaban J connectivity index is 1.40. The van der Waals surface area contributed by atoms with E-state index in [1.165, 1.54) is 0 Å². The summed E-state index contributed by atoms with van der Waals surface area (Å²) < 4.78 is 22.3. The van der Waals surface area contributed by atoms with Gasteiger partial charge in [-0.1, -0.05) is 5.16 Å². The van der Waals surface area contributed by atoms with Gasteiger partial charge in [0.15, 0.2) is 17.1 Å². The van der Waals surface area contributed by atoms with E-state index in [0.29, 0.717) is 13.2 Å². The summed E-state index contributed by atoms with van der Waals surface area (Å²) >= 11 is 0. The van der Waals surface area contributed by atoms with Gasteiger partial charge in [-0.3, -0.25) is 4.90 Å². The Morgan fingerprint density at radius 2 is 2.04 bits per heavy atom. The molecule has 0 aliphatic carbocycles. The molecule has 0 aromatic heterocycles. The van der Waals surface area contributed by atoms with Gasteiger partial charge in [0, 0.05) is 38.0 Å². The maximum Gasteiger partial charge on any atom is 0.168 e. The summed E-state index contributed by atoms with van der Waals surface area (Å²) in [5.41, 5.74) is 1.68. The number of methoxy groups -OCH3 is 1. The summed E-state index contributed by atoms with van der Waals surface area (Å²) in [6.07, 6.45) is 1.66. The Kier molecular flexibility index (Phi) is 5.28. The van der Waals surface area contributed by atoms with E-state index in [1.54, 1.807) is 7.11 Å². The third kappa shape index (κ3) is 3.79. The van der Waals surface area contributed by atoms with Crippen molar-refractivity contribution in [2.24, 2.45) is 5.16 Å². The second-order valence-electron chi connectivity index (χ2n) is 6.96. The van der Waals surface area contributed by atoms with Crippen LogP contribution in [0.15, 0.2) is 23.4 Å². The number of rotatable bonds is 6. The van der Waals surface area contributed by atoms with Crippen LogP contribution in [-0.4, -0.2) is 76.0 Å².